The Bertz CT molecular complexity index is 758. The number of thioether (sulfide) groups is 2. The van der Waals surface area contributed by atoms with E-state index in [0.29, 0.717) is 33.0 Å². The van der Waals surface area contributed by atoms with Gasteiger partial charge in [-0.1, -0.05) is 23.1 Å². The monoisotopic (exact) mass is 410 g/mol. The van der Waals surface area contributed by atoms with E-state index >= 15 is 0 Å². The minimum atomic E-state index is -1.60. The van der Waals surface area contributed by atoms with Gasteiger partial charge in [0, 0.05) is 11.5 Å². The first-order valence-electron chi connectivity index (χ1n) is 6.49. The molecule has 14 heteroatoms. The zero-order valence-corrected chi connectivity index (χ0v) is 17.4. The van der Waals surface area contributed by atoms with Crippen LogP contribution in [0.15, 0.2) is 15.6 Å². The number of carbonyl (C=O) groups is 3. The van der Waals surface area contributed by atoms with Crippen molar-refractivity contribution < 1.29 is 49.0 Å². The third-order valence-electron chi connectivity index (χ3n) is 3.47. The van der Waals surface area contributed by atoms with E-state index in [-0.39, 0.29) is 35.3 Å². The SMILES string of the molecule is Nc1nnc(SCC2=C(C(=O)[O-])N3C(=O)[C@](N)(NC=O)[C@@H]3SC2)s1.[Na+]. The van der Waals surface area contributed by atoms with Gasteiger partial charge in [0.25, 0.3) is 5.91 Å². The number of fused-ring (bicyclic) bond motifs is 1. The number of aromatic nitrogens is 2. The Kier molecular flexibility index (Phi) is 6.40. The zero-order valence-electron chi connectivity index (χ0n) is 12.9. The van der Waals surface area contributed by atoms with Crippen molar-refractivity contribution in [2.45, 2.75) is 15.4 Å². The van der Waals surface area contributed by atoms with Crippen LogP contribution in [0, 0.1) is 0 Å². The van der Waals surface area contributed by atoms with Gasteiger partial charge in [0.1, 0.15) is 5.37 Å². The molecule has 0 aromatic carbocycles. The molecule has 3 heterocycles. The fraction of sp³-hybridized carbons (Fsp3) is 0.364. The Morgan fingerprint density at radius 3 is 2.84 bits per heavy atom. The van der Waals surface area contributed by atoms with Crippen molar-refractivity contribution in [1.82, 2.24) is 20.4 Å². The van der Waals surface area contributed by atoms with Crippen LogP contribution in [0.25, 0.3) is 0 Å². The molecule has 1 aromatic rings. The molecule has 2 aliphatic heterocycles. The fourth-order valence-corrected chi connectivity index (χ4v) is 5.56. The van der Waals surface area contributed by atoms with E-state index in [2.05, 4.69) is 15.5 Å². The number of nitrogens with one attached hydrogen (secondary N) is 1. The second-order valence-corrected chi connectivity index (χ2v) is 8.20. The number of carboxylic acid groups (broad SMARTS) is 1. The van der Waals surface area contributed by atoms with Crippen molar-refractivity contribution in [2.24, 2.45) is 5.73 Å². The molecule has 0 radical (unpaired) electrons. The molecule has 1 saturated heterocycles. The van der Waals surface area contributed by atoms with Gasteiger partial charge in [-0.05, 0) is 5.57 Å². The molecule has 1 aromatic heterocycles. The average molecular weight is 410 g/mol. The van der Waals surface area contributed by atoms with E-state index in [4.69, 9.17) is 11.5 Å². The molecule has 0 saturated carbocycles. The predicted molar refractivity (Wildman–Crippen MR) is 86.3 cm³/mol. The summed E-state index contributed by atoms with van der Waals surface area (Å²) in [6, 6.07) is 0. The number of amides is 2. The Morgan fingerprint density at radius 1 is 1.56 bits per heavy atom. The molecule has 25 heavy (non-hydrogen) atoms. The Balaban J connectivity index is 0.00000225. The molecule has 2 aliphatic rings. The first kappa shape index (κ1) is 20.5. The van der Waals surface area contributed by atoms with Crippen LogP contribution in [0.4, 0.5) is 5.13 Å². The Morgan fingerprint density at radius 2 is 2.28 bits per heavy atom. The van der Waals surface area contributed by atoms with Crippen LogP contribution in [-0.2, 0) is 14.4 Å². The van der Waals surface area contributed by atoms with Crippen LogP contribution in [0.3, 0.4) is 0 Å². The third-order valence-corrected chi connectivity index (χ3v) is 6.86. The Hall–Kier alpha value is -0.830. The summed E-state index contributed by atoms with van der Waals surface area (Å²) in [6.07, 6.45) is 0.323. The summed E-state index contributed by atoms with van der Waals surface area (Å²) >= 11 is 3.73. The number of anilines is 1. The van der Waals surface area contributed by atoms with Gasteiger partial charge in [0.15, 0.2) is 4.34 Å². The largest absolute Gasteiger partial charge is 1.00 e. The molecule has 5 N–H and O–H groups in total. The summed E-state index contributed by atoms with van der Waals surface area (Å²) in [6.45, 7) is 0. The van der Waals surface area contributed by atoms with Gasteiger partial charge < -0.3 is 21.0 Å². The van der Waals surface area contributed by atoms with Crippen LogP contribution < -0.4 is 51.4 Å². The number of hydrogen-bond acceptors (Lipinski definition) is 11. The summed E-state index contributed by atoms with van der Waals surface area (Å²) in [7, 11) is 0. The summed E-state index contributed by atoms with van der Waals surface area (Å²) in [5.41, 5.74) is 10.1. The van der Waals surface area contributed by atoms with Gasteiger partial charge in [-0.3, -0.25) is 20.2 Å². The van der Waals surface area contributed by atoms with Gasteiger partial charge in [-0.25, -0.2) is 0 Å². The quantitative estimate of drug-likeness (QED) is 0.135. The number of rotatable bonds is 6. The van der Waals surface area contributed by atoms with Crippen molar-refractivity contribution in [1.29, 1.82) is 0 Å². The van der Waals surface area contributed by atoms with E-state index in [0.717, 1.165) is 4.90 Å². The number of aliphatic carboxylic acids is 1. The van der Waals surface area contributed by atoms with Gasteiger partial charge in [-0.15, -0.1) is 22.0 Å². The number of hydrogen-bond donors (Lipinski definition) is 3. The first-order chi connectivity index (χ1) is 11.4. The number of β-lactam (4-membered cyclic amide) rings is 1. The zero-order chi connectivity index (χ0) is 17.5. The molecule has 0 aliphatic carbocycles. The maximum Gasteiger partial charge on any atom is 1.00 e. The van der Waals surface area contributed by atoms with E-state index in [1.807, 2.05) is 0 Å². The standard InChI is InChI=1S/C11H12N6O4S3.Na/c12-9-15-16-10(24-9)23-2-4-1-22-8-11(13,14-3-18)7(21)17(8)5(4)6(19)20;/h3,8H,1-2,13H2,(H2,12,15)(H,14,18)(H,19,20);/q;+1/p-1/t8-,11-;/m0./s1. The molecular weight excluding hydrogens is 399 g/mol. The van der Waals surface area contributed by atoms with Crippen molar-refractivity contribution in [2.75, 3.05) is 17.2 Å². The van der Waals surface area contributed by atoms with Crippen LogP contribution in [0.5, 0.6) is 0 Å². The summed E-state index contributed by atoms with van der Waals surface area (Å²) < 4.78 is 0.593. The molecule has 1 fully saturated rings. The number of carboxylic acids is 1. The van der Waals surface area contributed by atoms with E-state index in [1.54, 1.807) is 0 Å². The number of nitrogens with two attached hydrogens (primary N) is 2. The molecule has 2 atom stereocenters. The smallest absolute Gasteiger partial charge is 0.543 e. The molecule has 3 rings (SSSR count). The number of nitrogens with zero attached hydrogens (tertiary/aromatic N) is 3. The second kappa shape index (κ2) is 7.82. The van der Waals surface area contributed by atoms with Gasteiger partial charge in [0.2, 0.25) is 17.2 Å². The molecule has 0 bridgehead atoms. The summed E-state index contributed by atoms with van der Waals surface area (Å²) in [4.78, 5) is 35.5. The summed E-state index contributed by atoms with van der Waals surface area (Å²) in [5.74, 6) is -1.53. The Labute approximate surface area is 176 Å². The fourth-order valence-electron chi connectivity index (χ4n) is 2.40. The van der Waals surface area contributed by atoms with Crippen LogP contribution in [0.1, 0.15) is 0 Å². The van der Waals surface area contributed by atoms with Crippen LogP contribution >= 0.6 is 34.9 Å². The van der Waals surface area contributed by atoms with Crippen molar-refractivity contribution in [3.05, 3.63) is 11.3 Å². The molecule has 2 amide bonds. The summed E-state index contributed by atoms with van der Waals surface area (Å²) in [5, 5.41) is 20.9. The molecular formula is C11H11N6NaO4S3. The van der Waals surface area contributed by atoms with Gasteiger partial charge in [0.05, 0.1) is 11.7 Å². The van der Waals surface area contributed by atoms with Gasteiger partial charge >= 0.3 is 29.6 Å². The maximum atomic E-state index is 12.2. The topological polar surface area (TPSA) is 167 Å². The second-order valence-electron chi connectivity index (χ2n) is 4.90. The van der Waals surface area contributed by atoms with E-state index < -0.39 is 22.9 Å². The number of carbonyl (C=O) groups excluding carboxylic acids is 3. The number of nitrogen functional groups attached to an aromatic ring is 1. The predicted octanol–water partition coefficient (Wildman–Crippen LogP) is -5.46. The average Bonchev–Trinajstić information content (AvgIpc) is 2.97. The molecule has 0 unspecified atom stereocenters. The molecule has 10 nitrogen and oxygen atoms in total. The molecule has 0 spiro atoms. The maximum absolute atomic E-state index is 12.2. The van der Waals surface area contributed by atoms with Gasteiger partial charge in [-0.2, -0.15) is 0 Å². The first-order valence-corrected chi connectivity index (χ1v) is 9.34. The minimum Gasteiger partial charge on any atom is -0.543 e. The van der Waals surface area contributed by atoms with Crippen LogP contribution in [-0.4, -0.2) is 55.9 Å². The van der Waals surface area contributed by atoms with E-state index in [9.17, 15) is 19.5 Å². The van der Waals surface area contributed by atoms with Crippen LogP contribution in [0.2, 0.25) is 0 Å². The minimum absolute atomic E-state index is 0. The third kappa shape index (κ3) is 3.54. The van der Waals surface area contributed by atoms with Crippen molar-refractivity contribution in [3.8, 4) is 0 Å². The molecule has 128 valence electrons. The van der Waals surface area contributed by atoms with Crippen molar-refractivity contribution >= 4 is 58.3 Å². The van der Waals surface area contributed by atoms with E-state index in [1.165, 1.54) is 34.9 Å². The normalized spacial score (nSPS) is 24.9. The van der Waals surface area contributed by atoms with Crippen molar-refractivity contribution in [3.63, 3.8) is 0 Å².